The second kappa shape index (κ2) is 8.22. The van der Waals surface area contributed by atoms with Gasteiger partial charge in [0.2, 0.25) is 0 Å². The summed E-state index contributed by atoms with van der Waals surface area (Å²) < 4.78 is 10.7. The summed E-state index contributed by atoms with van der Waals surface area (Å²) >= 11 is 0. The third kappa shape index (κ3) is 3.87. The molecule has 6 nitrogen and oxygen atoms in total. The maximum Gasteiger partial charge on any atom is 0.258 e. The molecule has 0 aliphatic carbocycles. The maximum atomic E-state index is 13.1. The molecule has 0 unspecified atom stereocenters. The van der Waals surface area contributed by atoms with Crippen molar-refractivity contribution >= 4 is 11.6 Å². The molecule has 4 rings (SSSR count). The number of nitrogens with one attached hydrogen (secondary N) is 1. The van der Waals surface area contributed by atoms with Gasteiger partial charge in [-0.25, -0.2) is 0 Å². The van der Waals surface area contributed by atoms with Gasteiger partial charge in [0.1, 0.15) is 17.7 Å². The first-order chi connectivity index (χ1) is 14.2. The van der Waals surface area contributed by atoms with Crippen molar-refractivity contribution in [3.63, 3.8) is 0 Å². The molecule has 3 aromatic rings. The molecule has 0 spiro atoms. The van der Waals surface area contributed by atoms with E-state index in [9.17, 15) is 4.79 Å². The van der Waals surface area contributed by atoms with E-state index in [0.29, 0.717) is 18.7 Å². The largest absolute Gasteiger partial charge is 0.497 e. The van der Waals surface area contributed by atoms with E-state index in [0.717, 1.165) is 28.4 Å². The highest BCUT2D eigenvalue weighted by atomic mass is 16.5. The number of hydrogen-bond acceptors (Lipinski definition) is 5. The summed E-state index contributed by atoms with van der Waals surface area (Å²) in [5.41, 5.74) is 3.28. The van der Waals surface area contributed by atoms with E-state index < -0.39 is 0 Å². The van der Waals surface area contributed by atoms with Crippen LogP contribution in [0.4, 0.5) is 5.69 Å². The highest BCUT2D eigenvalue weighted by molar-refractivity contribution is 5.98. The molecule has 6 heteroatoms. The number of benzene rings is 2. The molecule has 1 aliphatic heterocycles. The molecular formula is C23H23N3O3. The quantitative estimate of drug-likeness (QED) is 0.654. The van der Waals surface area contributed by atoms with Gasteiger partial charge in [-0.3, -0.25) is 9.78 Å². The Morgan fingerprint density at radius 1 is 1.03 bits per heavy atom. The summed E-state index contributed by atoms with van der Waals surface area (Å²) in [6.07, 6.45) is 1.37. The Morgan fingerprint density at radius 3 is 2.45 bits per heavy atom. The van der Waals surface area contributed by atoms with E-state index in [2.05, 4.69) is 10.3 Å². The van der Waals surface area contributed by atoms with Crippen LogP contribution in [-0.2, 0) is 6.54 Å². The highest BCUT2D eigenvalue weighted by Gasteiger charge is 2.37. The average Bonchev–Trinajstić information content (AvgIpc) is 3.02. The van der Waals surface area contributed by atoms with Gasteiger partial charge in [0, 0.05) is 18.4 Å². The summed E-state index contributed by atoms with van der Waals surface area (Å²) in [7, 11) is 1.64. The number of aromatic nitrogens is 1. The zero-order valence-corrected chi connectivity index (χ0v) is 16.5. The molecule has 1 aromatic heterocycles. The Balaban J connectivity index is 1.60. The van der Waals surface area contributed by atoms with Crippen molar-refractivity contribution in [3.05, 3.63) is 83.7 Å². The zero-order chi connectivity index (χ0) is 20.2. The second-order valence-corrected chi connectivity index (χ2v) is 6.72. The van der Waals surface area contributed by atoms with E-state index >= 15 is 0 Å². The van der Waals surface area contributed by atoms with E-state index in [-0.39, 0.29) is 12.1 Å². The van der Waals surface area contributed by atoms with Gasteiger partial charge in [-0.1, -0.05) is 12.1 Å². The Kier molecular flexibility index (Phi) is 5.33. The van der Waals surface area contributed by atoms with Crippen LogP contribution in [0.15, 0.2) is 66.9 Å². The summed E-state index contributed by atoms with van der Waals surface area (Å²) in [4.78, 5) is 19.4. The number of anilines is 1. The Labute approximate surface area is 170 Å². The van der Waals surface area contributed by atoms with Gasteiger partial charge in [-0.2, -0.15) is 0 Å². The van der Waals surface area contributed by atoms with Crippen molar-refractivity contribution in [1.29, 1.82) is 0 Å². The maximum absolute atomic E-state index is 13.1. The van der Waals surface area contributed by atoms with Crippen LogP contribution in [0.5, 0.6) is 11.5 Å². The van der Waals surface area contributed by atoms with Crippen molar-refractivity contribution in [1.82, 2.24) is 9.88 Å². The molecule has 1 N–H and O–H groups in total. The van der Waals surface area contributed by atoms with Crippen molar-refractivity contribution in [2.45, 2.75) is 19.6 Å². The fraction of sp³-hybridized carbons (Fsp3) is 0.217. The zero-order valence-electron chi connectivity index (χ0n) is 16.5. The number of nitrogens with zero attached hydrogens (tertiary/aromatic N) is 2. The van der Waals surface area contributed by atoms with Crippen LogP contribution >= 0.6 is 0 Å². The molecule has 0 fully saturated rings. The van der Waals surface area contributed by atoms with E-state index in [4.69, 9.17) is 9.47 Å². The fourth-order valence-electron chi connectivity index (χ4n) is 3.44. The molecule has 1 atom stereocenters. The van der Waals surface area contributed by atoms with Gasteiger partial charge >= 0.3 is 0 Å². The SMILES string of the molecule is CCOc1ccc(N[C@@H]2c3ncccc3C(=O)N2Cc2ccc(OC)cc2)cc1. The molecule has 2 heterocycles. The predicted octanol–water partition coefficient (Wildman–Crippen LogP) is 4.26. The highest BCUT2D eigenvalue weighted by Crippen LogP contribution is 2.34. The Hall–Kier alpha value is -3.54. The number of rotatable bonds is 7. The summed E-state index contributed by atoms with van der Waals surface area (Å²) in [6.45, 7) is 3.04. The van der Waals surface area contributed by atoms with Gasteiger partial charge in [-0.05, 0) is 61.0 Å². The Bertz CT molecular complexity index is 987. The first-order valence-corrected chi connectivity index (χ1v) is 9.58. The normalized spacial score (nSPS) is 15.2. The summed E-state index contributed by atoms with van der Waals surface area (Å²) in [5.74, 6) is 1.57. The lowest BCUT2D eigenvalue weighted by molar-refractivity contribution is 0.0727. The van der Waals surface area contributed by atoms with Gasteiger partial charge in [0.25, 0.3) is 5.91 Å². The van der Waals surface area contributed by atoms with Crippen LogP contribution in [0.2, 0.25) is 0 Å². The number of amides is 1. The van der Waals surface area contributed by atoms with Gasteiger partial charge in [-0.15, -0.1) is 0 Å². The number of methoxy groups -OCH3 is 1. The molecule has 0 bridgehead atoms. The minimum Gasteiger partial charge on any atom is -0.497 e. The second-order valence-electron chi connectivity index (χ2n) is 6.72. The monoisotopic (exact) mass is 389 g/mol. The van der Waals surface area contributed by atoms with Crippen molar-refractivity contribution in [2.24, 2.45) is 0 Å². The van der Waals surface area contributed by atoms with Crippen LogP contribution in [0.25, 0.3) is 0 Å². The summed E-state index contributed by atoms with van der Waals surface area (Å²) in [6, 6.07) is 19.1. The number of fused-ring (bicyclic) bond motifs is 1. The van der Waals surface area contributed by atoms with Crippen LogP contribution in [0, 0.1) is 0 Å². The first-order valence-electron chi connectivity index (χ1n) is 9.58. The standard InChI is InChI=1S/C23H23N3O3/c1-3-29-19-12-8-17(9-13-19)25-22-21-20(5-4-14-24-21)23(27)26(22)15-16-6-10-18(28-2)11-7-16/h4-14,22,25H,3,15H2,1-2H3/t22-/m0/s1. The molecule has 1 aliphatic rings. The van der Waals surface area contributed by atoms with Crippen molar-refractivity contribution < 1.29 is 14.3 Å². The molecule has 0 saturated carbocycles. The minimum absolute atomic E-state index is 0.0349. The molecule has 2 aromatic carbocycles. The predicted molar refractivity (Wildman–Crippen MR) is 111 cm³/mol. The van der Waals surface area contributed by atoms with Crippen LogP contribution < -0.4 is 14.8 Å². The summed E-state index contributed by atoms with van der Waals surface area (Å²) in [5, 5.41) is 3.45. The Morgan fingerprint density at radius 2 is 1.76 bits per heavy atom. The number of pyridine rings is 1. The lowest BCUT2D eigenvalue weighted by Crippen LogP contribution is -2.32. The topological polar surface area (TPSA) is 63.7 Å². The first kappa shape index (κ1) is 18.8. The van der Waals surface area contributed by atoms with Gasteiger partial charge in [0.05, 0.1) is 25.0 Å². The molecule has 0 radical (unpaired) electrons. The molecule has 0 saturated heterocycles. The molecule has 1 amide bonds. The lowest BCUT2D eigenvalue weighted by atomic mass is 10.2. The number of hydrogen-bond donors (Lipinski definition) is 1. The van der Waals surface area contributed by atoms with Crippen LogP contribution in [0.1, 0.15) is 34.7 Å². The van der Waals surface area contributed by atoms with Gasteiger partial charge < -0.3 is 19.7 Å². The van der Waals surface area contributed by atoms with Crippen LogP contribution in [-0.4, -0.2) is 29.5 Å². The van der Waals surface area contributed by atoms with E-state index in [1.165, 1.54) is 0 Å². The smallest absolute Gasteiger partial charge is 0.258 e. The lowest BCUT2D eigenvalue weighted by Gasteiger charge is -2.26. The number of carbonyl (C=O) groups excluding carboxylic acids is 1. The molecule has 148 valence electrons. The van der Waals surface area contributed by atoms with Crippen molar-refractivity contribution in [3.8, 4) is 11.5 Å². The molecule has 29 heavy (non-hydrogen) atoms. The third-order valence-electron chi connectivity index (χ3n) is 4.88. The van der Waals surface area contributed by atoms with E-state index in [1.807, 2.05) is 61.5 Å². The third-order valence-corrected chi connectivity index (χ3v) is 4.88. The number of carbonyl (C=O) groups is 1. The van der Waals surface area contributed by atoms with Crippen LogP contribution in [0.3, 0.4) is 0 Å². The minimum atomic E-state index is -0.348. The molecular weight excluding hydrogens is 366 g/mol. The van der Waals surface area contributed by atoms with Gasteiger partial charge in [0.15, 0.2) is 0 Å². The van der Waals surface area contributed by atoms with E-state index in [1.54, 1.807) is 24.3 Å². The fourth-order valence-corrected chi connectivity index (χ4v) is 3.44. The number of ether oxygens (including phenoxy) is 2. The average molecular weight is 389 g/mol. The van der Waals surface area contributed by atoms with Crippen molar-refractivity contribution in [2.75, 3.05) is 19.0 Å².